The molecule has 0 spiro atoms. The quantitative estimate of drug-likeness (QED) is 0.160. The molecule has 0 fully saturated rings. The lowest BCUT2D eigenvalue weighted by Gasteiger charge is -2.26. The number of rotatable bonds is 7. The second-order valence-electron chi connectivity index (χ2n) is 15.3. The summed E-state index contributed by atoms with van der Waals surface area (Å²) in [6, 6.07) is 84.6. The Hall–Kier alpha value is -7.94. The Balaban J connectivity index is 0.993. The van der Waals surface area contributed by atoms with Crippen LogP contribution in [-0.2, 0) is 0 Å². The Kier molecular flexibility index (Phi) is 8.87. The van der Waals surface area contributed by atoms with E-state index in [1.54, 1.807) is 0 Å². The molecule has 0 saturated carbocycles. The van der Waals surface area contributed by atoms with Gasteiger partial charge in [0.15, 0.2) is 0 Å². The van der Waals surface area contributed by atoms with Crippen molar-refractivity contribution in [3.8, 4) is 78.3 Å². The van der Waals surface area contributed by atoms with E-state index in [-0.39, 0.29) is 0 Å². The van der Waals surface area contributed by atoms with Crippen molar-refractivity contribution in [2.75, 3.05) is 4.90 Å². The second kappa shape index (κ2) is 15.1. The first-order valence-corrected chi connectivity index (χ1v) is 20.5. The molecule has 2 heteroatoms. The first-order valence-electron chi connectivity index (χ1n) is 20.5. The first kappa shape index (κ1) is 35.2. The van der Waals surface area contributed by atoms with Crippen LogP contribution < -0.4 is 9.64 Å². The second-order valence-corrected chi connectivity index (χ2v) is 15.3. The van der Waals surface area contributed by atoms with Crippen molar-refractivity contribution in [3.63, 3.8) is 0 Å². The third-order valence-corrected chi connectivity index (χ3v) is 11.7. The van der Waals surface area contributed by atoms with E-state index in [0.717, 1.165) is 61.9 Å². The van der Waals surface area contributed by atoms with Gasteiger partial charge in [-0.3, -0.25) is 0 Å². The van der Waals surface area contributed by atoms with E-state index in [1.165, 1.54) is 44.2 Å². The molecule has 10 aromatic carbocycles. The highest BCUT2D eigenvalue weighted by Crippen LogP contribution is 2.52. The van der Waals surface area contributed by atoms with Gasteiger partial charge in [-0.15, -0.1) is 0 Å². The van der Waals surface area contributed by atoms with Crippen LogP contribution in [-0.4, -0.2) is 0 Å². The monoisotopic (exact) mass is 765 g/mol. The van der Waals surface area contributed by atoms with Crippen molar-refractivity contribution in [1.82, 2.24) is 0 Å². The molecule has 0 unspecified atom stereocenters. The SMILES string of the molecule is c1ccc(-c2ccc(N(c3ccc(-c4ccccc4)cc3)c3ccc(-c4ccc5c(c4)Oc4c(-c6ccccc6)cccc4-c4cc6ccccc6cc4-5)cc3)cc2)cc1. The highest BCUT2D eigenvalue weighted by Gasteiger charge is 2.25. The van der Waals surface area contributed by atoms with Gasteiger partial charge < -0.3 is 9.64 Å². The molecular formula is C58H39NO. The van der Waals surface area contributed by atoms with E-state index in [2.05, 4.69) is 241 Å². The molecule has 1 heterocycles. The van der Waals surface area contributed by atoms with Gasteiger partial charge in [0.25, 0.3) is 0 Å². The lowest BCUT2D eigenvalue weighted by molar-refractivity contribution is 0.490. The maximum Gasteiger partial charge on any atom is 0.143 e. The zero-order valence-corrected chi connectivity index (χ0v) is 32.9. The smallest absolute Gasteiger partial charge is 0.143 e. The molecule has 60 heavy (non-hydrogen) atoms. The summed E-state index contributed by atoms with van der Waals surface area (Å²) in [5, 5.41) is 2.42. The van der Waals surface area contributed by atoms with Crippen LogP contribution >= 0.6 is 0 Å². The van der Waals surface area contributed by atoms with Crippen molar-refractivity contribution in [1.29, 1.82) is 0 Å². The molecule has 11 rings (SSSR count). The minimum atomic E-state index is 0.842. The van der Waals surface area contributed by atoms with Crippen LogP contribution in [0.25, 0.3) is 77.5 Å². The van der Waals surface area contributed by atoms with Crippen LogP contribution in [0.2, 0.25) is 0 Å². The van der Waals surface area contributed by atoms with Gasteiger partial charge in [-0.2, -0.15) is 0 Å². The topological polar surface area (TPSA) is 12.5 Å². The fourth-order valence-corrected chi connectivity index (χ4v) is 8.63. The van der Waals surface area contributed by atoms with Gasteiger partial charge in [0.05, 0.1) is 0 Å². The van der Waals surface area contributed by atoms with Gasteiger partial charge in [-0.05, 0) is 122 Å². The molecule has 0 N–H and O–H groups in total. The lowest BCUT2D eigenvalue weighted by Crippen LogP contribution is -2.09. The van der Waals surface area contributed by atoms with E-state index in [1.807, 2.05) is 0 Å². The minimum Gasteiger partial charge on any atom is -0.455 e. The molecule has 1 aliphatic heterocycles. The Labute approximate surface area is 350 Å². The molecule has 0 amide bonds. The van der Waals surface area contributed by atoms with Crippen LogP contribution in [0.15, 0.2) is 237 Å². The molecule has 0 aliphatic carbocycles. The van der Waals surface area contributed by atoms with Crippen molar-refractivity contribution in [3.05, 3.63) is 237 Å². The zero-order valence-electron chi connectivity index (χ0n) is 32.9. The number of benzene rings is 10. The highest BCUT2D eigenvalue weighted by atomic mass is 16.5. The molecule has 2 nitrogen and oxygen atoms in total. The number of para-hydroxylation sites is 1. The number of nitrogens with zero attached hydrogens (tertiary/aromatic N) is 1. The maximum absolute atomic E-state index is 7.11. The summed E-state index contributed by atoms with van der Waals surface area (Å²) in [6.07, 6.45) is 0. The molecule has 1 aliphatic rings. The largest absolute Gasteiger partial charge is 0.455 e. The molecule has 0 atom stereocenters. The van der Waals surface area contributed by atoms with Crippen LogP contribution in [0.5, 0.6) is 11.5 Å². The Morgan fingerprint density at radius 2 is 0.650 bits per heavy atom. The van der Waals surface area contributed by atoms with E-state index >= 15 is 0 Å². The molecule has 0 aromatic heterocycles. The lowest BCUT2D eigenvalue weighted by atomic mass is 9.89. The number of hydrogen-bond donors (Lipinski definition) is 0. The number of hydrogen-bond acceptors (Lipinski definition) is 2. The summed E-state index contributed by atoms with van der Waals surface area (Å²) in [4.78, 5) is 2.33. The van der Waals surface area contributed by atoms with Gasteiger partial charge in [0.2, 0.25) is 0 Å². The molecule has 282 valence electrons. The van der Waals surface area contributed by atoms with Gasteiger partial charge in [-0.1, -0.05) is 176 Å². The Morgan fingerprint density at radius 3 is 1.17 bits per heavy atom. The van der Waals surface area contributed by atoms with Crippen LogP contribution in [0.3, 0.4) is 0 Å². The molecule has 0 saturated heterocycles. The number of anilines is 3. The van der Waals surface area contributed by atoms with Crippen LogP contribution in [0, 0.1) is 0 Å². The van der Waals surface area contributed by atoms with Gasteiger partial charge in [0, 0.05) is 33.8 Å². The van der Waals surface area contributed by atoms with E-state index in [4.69, 9.17) is 4.74 Å². The third-order valence-electron chi connectivity index (χ3n) is 11.7. The van der Waals surface area contributed by atoms with E-state index in [0.29, 0.717) is 0 Å². The fraction of sp³-hybridized carbons (Fsp3) is 0. The van der Waals surface area contributed by atoms with Gasteiger partial charge in [-0.25, -0.2) is 0 Å². The predicted octanol–water partition coefficient (Wildman–Crippen LogP) is 16.4. The van der Waals surface area contributed by atoms with Crippen LogP contribution in [0.1, 0.15) is 0 Å². The third kappa shape index (κ3) is 6.51. The normalized spacial score (nSPS) is 11.5. The molecule has 0 radical (unpaired) electrons. The zero-order chi connectivity index (χ0) is 39.8. The average Bonchev–Trinajstić information content (AvgIpc) is 3.46. The van der Waals surface area contributed by atoms with Crippen molar-refractivity contribution in [2.45, 2.75) is 0 Å². The summed E-state index contributed by atoms with van der Waals surface area (Å²) in [5.74, 6) is 1.72. The summed E-state index contributed by atoms with van der Waals surface area (Å²) in [5.41, 5.74) is 17.0. The molecule has 0 bridgehead atoms. The number of ether oxygens (including phenoxy) is 1. The number of fused-ring (bicyclic) bond motifs is 6. The van der Waals surface area contributed by atoms with E-state index in [9.17, 15) is 0 Å². The first-order chi connectivity index (χ1) is 29.7. The van der Waals surface area contributed by atoms with Crippen molar-refractivity contribution < 1.29 is 4.74 Å². The van der Waals surface area contributed by atoms with Gasteiger partial charge >= 0.3 is 0 Å². The standard InChI is InChI=1S/C58H39NO/c1-4-13-40(14-5-1)42-23-30-49(31-24-42)59(50-32-25-43(26-33-50)41-15-6-2-7-16-41)51-34-27-44(28-35-51)48-29-36-53-55-37-46-19-10-11-20-47(46)38-56(55)54-22-12-21-52(45-17-8-3-9-18-45)58(54)60-57(53)39-48/h1-39H. The highest BCUT2D eigenvalue weighted by molar-refractivity contribution is 6.01. The van der Waals surface area contributed by atoms with Crippen molar-refractivity contribution in [2.24, 2.45) is 0 Å². The fourth-order valence-electron chi connectivity index (χ4n) is 8.63. The average molecular weight is 766 g/mol. The maximum atomic E-state index is 7.11. The van der Waals surface area contributed by atoms with E-state index < -0.39 is 0 Å². The minimum absolute atomic E-state index is 0.842. The Bertz CT molecular complexity index is 3040. The Morgan fingerprint density at radius 1 is 0.250 bits per heavy atom. The molecular weight excluding hydrogens is 727 g/mol. The predicted molar refractivity (Wildman–Crippen MR) is 251 cm³/mol. The summed E-state index contributed by atoms with van der Waals surface area (Å²) < 4.78 is 7.11. The summed E-state index contributed by atoms with van der Waals surface area (Å²) in [7, 11) is 0. The van der Waals surface area contributed by atoms with Crippen LogP contribution in [0.4, 0.5) is 17.1 Å². The summed E-state index contributed by atoms with van der Waals surface area (Å²) in [6.45, 7) is 0. The molecule has 10 aromatic rings. The van der Waals surface area contributed by atoms with Gasteiger partial charge in [0.1, 0.15) is 11.5 Å². The summed E-state index contributed by atoms with van der Waals surface area (Å²) >= 11 is 0. The van der Waals surface area contributed by atoms with Crippen molar-refractivity contribution >= 4 is 27.8 Å².